The number of halogens is 2. The largest absolute Gasteiger partial charge is 0.497 e. The van der Waals surface area contributed by atoms with E-state index in [2.05, 4.69) is 21.2 Å². The van der Waals surface area contributed by atoms with Gasteiger partial charge >= 0.3 is 0 Å². The highest BCUT2D eigenvalue weighted by Gasteiger charge is 2.12. The van der Waals surface area contributed by atoms with Gasteiger partial charge in [0.2, 0.25) is 0 Å². The minimum absolute atomic E-state index is 0.331. The second-order valence-electron chi connectivity index (χ2n) is 4.03. The van der Waals surface area contributed by atoms with Gasteiger partial charge in [0.25, 0.3) is 5.91 Å². The summed E-state index contributed by atoms with van der Waals surface area (Å²) >= 11 is 9.33. The molecule has 0 aliphatic heterocycles. The molecule has 0 atom stereocenters. The first-order valence-corrected chi connectivity index (χ1v) is 6.88. The summed E-state index contributed by atoms with van der Waals surface area (Å²) in [5.74, 6) is 0.277. The summed E-state index contributed by atoms with van der Waals surface area (Å²) in [6, 6.07) is 10.1. The molecule has 0 heterocycles. The lowest BCUT2D eigenvalue weighted by Gasteiger charge is -2.11. The Hall–Kier alpha value is -1.72. The van der Waals surface area contributed by atoms with Crippen molar-refractivity contribution in [2.75, 3.05) is 18.2 Å². The summed E-state index contributed by atoms with van der Waals surface area (Å²) in [5, 5.41) is 3.08. The molecule has 0 fully saturated rings. The van der Waals surface area contributed by atoms with Crippen molar-refractivity contribution in [1.82, 2.24) is 0 Å². The predicted molar refractivity (Wildman–Crippen MR) is 84.5 cm³/mol. The molecule has 0 aromatic heterocycles. The van der Waals surface area contributed by atoms with Crippen LogP contribution < -0.4 is 15.8 Å². The number of rotatable bonds is 3. The highest BCUT2D eigenvalue weighted by molar-refractivity contribution is 9.10. The van der Waals surface area contributed by atoms with Gasteiger partial charge in [0, 0.05) is 10.5 Å². The fourth-order valence-corrected chi connectivity index (χ4v) is 2.39. The number of carbonyl (C=O) groups is 1. The number of hydrogen-bond donors (Lipinski definition) is 2. The molecule has 0 saturated heterocycles. The number of anilines is 2. The lowest BCUT2D eigenvalue weighted by molar-refractivity contribution is 0.102. The van der Waals surface area contributed by atoms with Crippen molar-refractivity contribution in [2.45, 2.75) is 0 Å². The molecular formula is C14H12BrClN2O2. The van der Waals surface area contributed by atoms with Crippen molar-refractivity contribution in [2.24, 2.45) is 0 Å². The van der Waals surface area contributed by atoms with E-state index in [0.29, 0.717) is 27.7 Å². The van der Waals surface area contributed by atoms with Crippen LogP contribution in [0.3, 0.4) is 0 Å². The zero-order valence-electron chi connectivity index (χ0n) is 10.6. The summed E-state index contributed by atoms with van der Waals surface area (Å²) in [4.78, 5) is 12.2. The number of hydrogen-bond acceptors (Lipinski definition) is 3. The Balaban J connectivity index is 2.27. The van der Waals surface area contributed by atoms with E-state index in [4.69, 9.17) is 22.1 Å². The fourth-order valence-electron chi connectivity index (χ4n) is 1.63. The van der Waals surface area contributed by atoms with Gasteiger partial charge in [0.1, 0.15) is 5.75 Å². The first-order valence-electron chi connectivity index (χ1n) is 5.71. The van der Waals surface area contributed by atoms with Gasteiger partial charge in [0.15, 0.2) is 0 Å². The number of amides is 1. The Bertz CT molecular complexity index is 662. The van der Waals surface area contributed by atoms with E-state index in [1.54, 1.807) is 43.5 Å². The van der Waals surface area contributed by atoms with E-state index < -0.39 is 0 Å². The zero-order chi connectivity index (χ0) is 14.7. The number of methoxy groups -OCH3 is 1. The molecule has 0 bridgehead atoms. The Morgan fingerprint density at radius 2 is 2.05 bits per heavy atom. The predicted octanol–water partition coefficient (Wildman–Crippen LogP) is 3.95. The molecule has 0 radical (unpaired) electrons. The molecule has 0 unspecified atom stereocenters. The lowest BCUT2D eigenvalue weighted by atomic mass is 10.2. The molecule has 3 N–H and O–H groups in total. The number of nitrogens with two attached hydrogens (primary N) is 1. The Morgan fingerprint density at radius 3 is 2.70 bits per heavy atom. The van der Waals surface area contributed by atoms with Crippen LogP contribution in [0.4, 0.5) is 11.4 Å². The van der Waals surface area contributed by atoms with Crippen LogP contribution in [0.1, 0.15) is 10.4 Å². The number of benzene rings is 2. The molecule has 104 valence electrons. The third kappa shape index (κ3) is 3.23. The van der Waals surface area contributed by atoms with E-state index in [1.807, 2.05) is 0 Å². The Kier molecular flexibility index (Phi) is 4.52. The maximum absolute atomic E-state index is 12.2. The van der Waals surface area contributed by atoms with Crippen LogP contribution >= 0.6 is 27.5 Å². The van der Waals surface area contributed by atoms with Crippen molar-refractivity contribution < 1.29 is 9.53 Å². The maximum Gasteiger partial charge on any atom is 0.257 e. The molecule has 20 heavy (non-hydrogen) atoms. The highest BCUT2D eigenvalue weighted by Crippen LogP contribution is 2.27. The number of nitrogens with one attached hydrogen (secondary N) is 1. The molecule has 6 heteroatoms. The molecule has 1 amide bonds. The van der Waals surface area contributed by atoms with Gasteiger partial charge in [-0.15, -0.1) is 0 Å². The van der Waals surface area contributed by atoms with Gasteiger partial charge in [-0.3, -0.25) is 4.79 Å². The highest BCUT2D eigenvalue weighted by atomic mass is 79.9. The third-order valence-corrected chi connectivity index (χ3v) is 3.49. The van der Waals surface area contributed by atoms with Gasteiger partial charge in [-0.1, -0.05) is 27.5 Å². The van der Waals surface area contributed by atoms with Gasteiger partial charge in [0.05, 0.1) is 29.1 Å². The smallest absolute Gasteiger partial charge is 0.257 e. The van der Waals surface area contributed by atoms with E-state index >= 15 is 0 Å². The summed E-state index contributed by atoms with van der Waals surface area (Å²) < 4.78 is 5.90. The molecule has 2 rings (SSSR count). The van der Waals surface area contributed by atoms with Crippen molar-refractivity contribution in [3.63, 3.8) is 0 Å². The van der Waals surface area contributed by atoms with Crippen LogP contribution in [0, 0.1) is 0 Å². The SMILES string of the molecule is COc1ccc(N)c(NC(=O)c2ccc(Br)cc2Cl)c1. The average Bonchev–Trinajstić information content (AvgIpc) is 2.41. The van der Waals surface area contributed by atoms with Gasteiger partial charge < -0.3 is 15.8 Å². The monoisotopic (exact) mass is 354 g/mol. The first kappa shape index (κ1) is 14.7. The van der Waals surface area contributed by atoms with Crippen LogP contribution in [-0.2, 0) is 0 Å². The maximum atomic E-state index is 12.2. The van der Waals surface area contributed by atoms with E-state index in [9.17, 15) is 4.79 Å². The van der Waals surface area contributed by atoms with Gasteiger partial charge in [-0.25, -0.2) is 0 Å². The van der Waals surface area contributed by atoms with E-state index in [-0.39, 0.29) is 5.91 Å². The molecule has 0 aliphatic carbocycles. The lowest BCUT2D eigenvalue weighted by Crippen LogP contribution is -2.13. The minimum Gasteiger partial charge on any atom is -0.497 e. The second kappa shape index (κ2) is 6.15. The molecule has 0 saturated carbocycles. The average molecular weight is 356 g/mol. The minimum atomic E-state index is -0.331. The number of nitrogen functional groups attached to an aromatic ring is 1. The van der Waals surface area contributed by atoms with Crippen molar-refractivity contribution in [1.29, 1.82) is 0 Å². The Morgan fingerprint density at radius 1 is 1.30 bits per heavy atom. The quantitative estimate of drug-likeness (QED) is 0.820. The zero-order valence-corrected chi connectivity index (χ0v) is 13.0. The van der Waals surface area contributed by atoms with Crippen molar-refractivity contribution in [3.8, 4) is 5.75 Å². The molecule has 0 spiro atoms. The molecular weight excluding hydrogens is 344 g/mol. The van der Waals surface area contributed by atoms with Crippen LogP contribution in [-0.4, -0.2) is 13.0 Å². The van der Waals surface area contributed by atoms with Gasteiger partial charge in [-0.05, 0) is 30.3 Å². The van der Waals surface area contributed by atoms with Crippen LogP contribution in [0.15, 0.2) is 40.9 Å². The number of carbonyl (C=O) groups excluding carboxylic acids is 1. The third-order valence-electron chi connectivity index (χ3n) is 2.68. The van der Waals surface area contributed by atoms with Crippen molar-refractivity contribution >= 4 is 44.8 Å². The van der Waals surface area contributed by atoms with E-state index in [0.717, 1.165) is 4.47 Å². The van der Waals surface area contributed by atoms with Crippen LogP contribution in [0.5, 0.6) is 5.75 Å². The summed E-state index contributed by atoms with van der Waals surface area (Å²) in [5.41, 5.74) is 7.13. The topological polar surface area (TPSA) is 64.3 Å². The molecule has 2 aromatic rings. The summed E-state index contributed by atoms with van der Waals surface area (Å²) in [7, 11) is 1.54. The van der Waals surface area contributed by atoms with Gasteiger partial charge in [-0.2, -0.15) is 0 Å². The summed E-state index contributed by atoms with van der Waals surface area (Å²) in [6.07, 6.45) is 0. The molecule has 4 nitrogen and oxygen atoms in total. The Labute approximate surface area is 130 Å². The normalized spacial score (nSPS) is 10.2. The fraction of sp³-hybridized carbons (Fsp3) is 0.0714. The summed E-state index contributed by atoms with van der Waals surface area (Å²) in [6.45, 7) is 0. The standard InChI is InChI=1S/C14H12BrClN2O2/c1-20-9-3-5-12(17)13(7-9)18-14(19)10-4-2-8(15)6-11(10)16/h2-7H,17H2,1H3,(H,18,19). The van der Waals surface area contributed by atoms with Crippen LogP contribution in [0.25, 0.3) is 0 Å². The number of ether oxygens (including phenoxy) is 1. The van der Waals surface area contributed by atoms with Crippen LogP contribution in [0.2, 0.25) is 5.02 Å². The van der Waals surface area contributed by atoms with Crippen molar-refractivity contribution in [3.05, 3.63) is 51.5 Å². The molecule has 2 aromatic carbocycles. The first-order chi connectivity index (χ1) is 9.51. The molecule has 0 aliphatic rings. The second-order valence-corrected chi connectivity index (χ2v) is 5.35. The van der Waals surface area contributed by atoms with E-state index in [1.165, 1.54) is 0 Å².